The van der Waals surface area contributed by atoms with Crippen LogP contribution in [0.3, 0.4) is 0 Å². The van der Waals surface area contributed by atoms with Gasteiger partial charge in [0, 0.05) is 12.7 Å². The van der Waals surface area contributed by atoms with E-state index in [1.165, 1.54) is 31.7 Å². The SMILES string of the molecule is CC1(CNS(=O)(=O)c2cn[nH]c2)CCCCC1. The van der Waals surface area contributed by atoms with Crippen molar-refractivity contribution in [1.29, 1.82) is 0 Å². The minimum atomic E-state index is -3.40. The maximum atomic E-state index is 11.9. The van der Waals surface area contributed by atoms with Gasteiger partial charge < -0.3 is 0 Å². The molecule has 0 bridgehead atoms. The summed E-state index contributed by atoms with van der Waals surface area (Å²) < 4.78 is 26.5. The average molecular weight is 257 g/mol. The van der Waals surface area contributed by atoms with E-state index in [9.17, 15) is 8.42 Å². The number of hydrogen-bond acceptors (Lipinski definition) is 3. The summed E-state index contributed by atoms with van der Waals surface area (Å²) in [6.45, 7) is 2.67. The molecular weight excluding hydrogens is 238 g/mol. The monoisotopic (exact) mass is 257 g/mol. The van der Waals surface area contributed by atoms with E-state index in [1.54, 1.807) is 0 Å². The lowest BCUT2D eigenvalue weighted by Crippen LogP contribution is -2.36. The lowest BCUT2D eigenvalue weighted by Gasteiger charge is -2.33. The fourth-order valence-corrected chi connectivity index (χ4v) is 3.43. The highest BCUT2D eigenvalue weighted by molar-refractivity contribution is 7.89. The number of rotatable bonds is 4. The first kappa shape index (κ1) is 12.6. The van der Waals surface area contributed by atoms with Crippen LogP contribution in [0.15, 0.2) is 17.3 Å². The highest BCUT2D eigenvalue weighted by atomic mass is 32.2. The minimum absolute atomic E-state index is 0.106. The topological polar surface area (TPSA) is 74.8 Å². The summed E-state index contributed by atoms with van der Waals surface area (Å²) in [6.07, 6.45) is 8.58. The summed E-state index contributed by atoms with van der Waals surface area (Å²) in [5, 5.41) is 6.17. The smallest absolute Gasteiger partial charge is 0.243 e. The molecule has 0 unspecified atom stereocenters. The quantitative estimate of drug-likeness (QED) is 0.861. The molecule has 2 N–H and O–H groups in total. The van der Waals surface area contributed by atoms with Crippen LogP contribution in [0.1, 0.15) is 39.0 Å². The molecule has 0 radical (unpaired) electrons. The van der Waals surface area contributed by atoms with Crippen molar-refractivity contribution >= 4 is 10.0 Å². The Kier molecular flexibility index (Phi) is 3.53. The Morgan fingerprint density at radius 3 is 2.71 bits per heavy atom. The molecule has 1 saturated carbocycles. The molecule has 96 valence electrons. The van der Waals surface area contributed by atoms with E-state index in [2.05, 4.69) is 21.8 Å². The van der Waals surface area contributed by atoms with Gasteiger partial charge in [-0.1, -0.05) is 26.2 Å². The van der Waals surface area contributed by atoms with Crippen LogP contribution in [0.25, 0.3) is 0 Å². The summed E-state index contributed by atoms with van der Waals surface area (Å²) in [6, 6.07) is 0. The number of aromatic nitrogens is 2. The van der Waals surface area contributed by atoms with E-state index >= 15 is 0 Å². The van der Waals surface area contributed by atoms with Crippen LogP contribution < -0.4 is 4.72 Å². The van der Waals surface area contributed by atoms with Gasteiger partial charge in [0.1, 0.15) is 4.90 Å². The Balaban J connectivity index is 1.98. The second-order valence-electron chi connectivity index (χ2n) is 5.13. The van der Waals surface area contributed by atoms with E-state index in [1.807, 2.05) is 0 Å². The predicted octanol–water partition coefficient (Wildman–Crippen LogP) is 1.66. The molecular formula is C11H19N3O2S. The first-order valence-electron chi connectivity index (χ1n) is 6.00. The molecule has 1 aromatic heterocycles. The van der Waals surface area contributed by atoms with Crippen molar-refractivity contribution in [3.05, 3.63) is 12.4 Å². The fraction of sp³-hybridized carbons (Fsp3) is 0.727. The Labute approximate surface area is 102 Å². The van der Waals surface area contributed by atoms with Crippen molar-refractivity contribution in [2.45, 2.75) is 43.9 Å². The maximum Gasteiger partial charge on any atom is 0.243 e. The zero-order chi connectivity index (χ0) is 12.4. The van der Waals surface area contributed by atoms with Gasteiger partial charge in [0.05, 0.1) is 6.20 Å². The van der Waals surface area contributed by atoms with Crippen LogP contribution in [0.4, 0.5) is 0 Å². The number of hydrogen-bond donors (Lipinski definition) is 2. The number of nitrogens with one attached hydrogen (secondary N) is 2. The third-order valence-electron chi connectivity index (χ3n) is 3.53. The predicted molar refractivity (Wildman–Crippen MR) is 65.0 cm³/mol. The van der Waals surface area contributed by atoms with Gasteiger partial charge in [0.15, 0.2) is 0 Å². The number of nitrogens with zero attached hydrogens (tertiary/aromatic N) is 1. The molecule has 0 aliphatic heterocycles. The number of sulfonamides is 1. The summed E-state index contributed by atoms with van der Waals surface area (Å²) in [4.78, 5) is 0.205. The number of aromatic amines is 1. The molecule has 0 aromatic carbocycles. The van der Waals surface area contributed by atoms with Gasteiger partial charge in [0.25, 0.3) is 0 Å². The molecule has 1 aromatic rings. The van der Waals surface area contributed by atoms with Crippen LogP contribution >= 0.6 is 0 Å². The van der Waals surface area contributed by atoms with E-state index in [-0.39, 0.29) is 10.3 Å². The summed E-state index contributed by atoms with van der Waals surface area (Å²) in [5.41, 5.74) is 0.106. The molecule has 1 aliphatic carbocycles. The third-order valence-corrected chi connectivity index (χ3v) is 4.90. The van der Waals surface area contributed by atoms with Gasteiger partial charge >= 0.3 is 0 Å². The van der Waals surface area contributed by atoms with Crippen molar-refractivity contribution in [2.24, 2.45) is 5.41 Å². The molecule has 0 atom stereocenters. The Morgan fingerprint density at radius 1 is 1.41 bits per heavy atom. The normalized spacial score (nSPS) is 20.3. The molecule has 0 spiro atoms. The zero-order valence-corrected chi connectivity index (χ0v) is 10.9. The highest BCUT2D eigenvalue weighted by Gasteiger charge is 2.28. The molecule has 6 heteroatoms. The van der Waals surface area contributed by atoms with E-state index in [0.29, 0.717) is 6.54 Å². The van der Waals surface area contributed by atoms with Gasteiger partial charge in [-0.2, -0.15) is 5.10 Å². The van der Waals surface area contributed by atoms with Crippen molar-refractivity contribution in [2.75, 3.05) is 6.54 Å². The third kappa shape index (κ3) is 3.07. The Bertz CT molecular complexity index is 447. The second-order valence-corrected chi connectivity index (χ2v) is 6.90. The van der Waals surface area contributed by atoms with E-state index < -0.39 is 10.0 Å². The number of H-pyrrole nitrogens is 1. The van der Waals surface area contributed by atoms with Gasteiger partial charge in [-0.3, -0.25) is 5.10 Å². The van der Waals surface area contributed by atoms with Crippen LogP contribution in [0.5, 0.6) is 0 Å². The largest absolute Gasteiger partial charge is 0.284 e. The molecule has 17 heavy (non-hydrogen) atoms. The molecule has 1 aliphatic rings. The highest BCUT2D eigenvalue weighted by Crippen LogP contribution is 2.35. The van der Waals surface area contributed by atoms with Gasteiger partial charge in [-0.25, -0.2) is 13.1 Å². The zero-order valence-electron chi connectivity index (χ0n) is 10.1. The summed E-state index contributed by atoms with van der Waals surface area (Å²) in [7, 11) is -3.40. The van der Waals surface area contributed by atoms with Gasteiger partial charge in [-0.15, -0.1) is 0 Å². The van der Waals surface area contributed by atoms with E-state index in [0.717, 1.165) is 12.8 Å². The molecule has 1 heterocycles. The molecule has 2 rings (SSSR count). The van der Waals surface area contributed by atoms with Gasteiger partial charge in [0.2, 0.25) is 10.0 Å². The summed E-state index contributed by atoms with van der Waals surface area (Å²) >= 11 is 0. The molecule has 0 amide bonds. The van der Waals surface area contributed by atoms with Crippen molar-refractivity contribution in [1.82, 2.24) is 14.9 Å². The lowest BCUT2D eigenvalue weighted by atomic mass is 9.76. The van der Waals surface area contributed by atoms with E-state index in [4.69, 9.17) is 0 Å². The van der Waals surface area contributed by atoms with Crippen molar-refractivity contribution in [3.63, 3.8) is 0 Å². The first-order chi connectivity index (χ1) is 8.02. The van der Waals surface area contributed by atoms with Crippen molar-refractivity contribution < 1.29 is 8.42 Å². The first-order valence-corrected chi connectivity index (χ1v) is 7.49. The van der Waals surface area contributed by atoms with Crippen LogP contribution in [0.2, 0.25) is 0 Å². The standard InChI is InChI=1S/C11H19N3O2S/c1-11(5-3-2-4-6-11)9-14-17(15,16)10-7-12-13-8-10/h7-8,14H,2-6,9H2,1H3,(H,12,13). The Morgan fingerprint density at radius 2 is 2.12 bits per heavy atom. The van der Waals surface area contributed by atoms with Crippen LogP contribution in [-0.2, 0) is 10.0 Å². The maximum absolute atomic E-state index is 11.9. The lowest BCUT2D eigenvalue weighted by molar-refractivity contribution is 0.219. The van der Waals surface area contributed by atoms with Crippen LogP contribution in [0, 0.1) is 5.41 Å². The van der Waals surface area contributed by atoms with Crippen LogP contribution in [-0.4, -0.2) is 25.2 Å². The Hall–Kier alpha value is -0.880. The van der Waals surface area contributed by atoms with Gasteiger partial charge in [-0.05, 0) is 18.3 Å². The average Bonchev–Trinajstić information content (AvgIpc) is 2.82. The van der Waals surface area contributed by atoms with Crippen molar-refractivity contribution in [3.8, 4) is 0 Å². The summed E-state index contributed by atoms with van der Waals surface area (Å²) in [5.74, 6) is 0. The minimum Gasteiger partial charge on any atom is -0.284 e. The molecule has 5 nitrogen and oxygen atoms in total. The molecule has 1 fully saturated rings. The fourth-order valence-electron chi connectivity index (χ4n) is 2.32. The second kappa shape index (κ2) is 4.78. The molecule has 0 saturated heterocycles.